The molecule has 1 fully saturated rings. The van der Waals surface area contributed by atoms with Crippen LogP contribution in [0, 0.1) is 12.7 Å². The molecule has 1 aromatic heterocycles. The van der Waals surface area contributed by atoms with Crippen molar-refractivity contribution in [2.45, 2.75) is 19.8 Å². The molecule has 0 unspecified atom stereocenters. The van der Waals surface area contributed by atoms with Gasteiger partial charge in [0.05, 0.1) is 5.39 Å². The number of carbonyl (C=O) groups is 1. The average Bonchev–Trinajstić information content (AvgIpc) is 2.73. The summed E-state index contributed by atoms with van der Waals surface area (Å²) in [7, 11) is 0. The lowest BCUT2D eigenvalue weighted by molar-refractivity contribution is -0.131. The second kappa shape index (κ2) is 8.48. The molecule has 0 spiro atoms. The number of aryl methyl sites for hydroxylation is 2. The Bertz CT molecular complexity index is 1140. The van der Waals surface area contributed by atoms with Gasteiger partial charge in [0.25, 0.3) is 5.56 Å². The minimum absolute atomic E-state index is 0.0718. The first-order valence-electron chi connectivity index (χ1n) is 10.0. The number of amides is 1. The summed E-state index contributed by atoms with van der Waals surface area (Å²) in [5, 5.41) is 1.76. The van der Waals surface area contributed by atoms with Gasteiger partial charge in [0.15, 0.2) is 0 Å². The molecule has 0 saturated carbocycles. The minimum Gasteiger partial charge on any atom is -0.368 e. The van der Waals surface area contributed by atoms with E-state index in [0.29, 0.717) is 47.6 Å². The van der Waals surface area contributed by atoms with Crippen LogP contribution in [0.4, 0.5) is 10.1 Å². The topological polar surface area (TPSA) is 56.4 Å². The molecule has 1 amide bonds. The third-order valence-corrected chi connectivity index (χ3v) is 5.87. The number of H-pyrrole nitrogens is 1. The third kappa shape index (κ3) is 4.33. The zero-order valence-corrected chi connectivity index (χ0v) is 17.5. The predicted molar refractivity (Wildman–Crippen MR) is 118 cm³/mol. The summed E-state index contributed by atoms with van der Waals surface area (Å²) in [6.07, 6.45) is 0.765. The Kier molecular flexibility index (Phi) is 5.77. The summed E-state index contributed by atoms with van der Waals surface area (Å²) < 4.78 is 13.6. The SMILES string of the molecule is Cc1cc(F)cc2c(=O)[nH]c(CCC(=O)N3CCN(c4ccc(Cl)cc4)CC3)cc12. The number of hydrogen-bond acceptors (Lipinski definition) is 3. The van der Waals surface area contributed by atoms with Crippen molar-refractivity contribution in [3.63, 3.8) is 0 Å². The van der Waals surface area contributed by atoms with E-state index in [1.165, 1.54) is 12.1 Å². The summed E-state index contributed by atoms with van der Waals surface area (Å²) in [6, 6.07) is 12.2. The van der Waals surface area contributed by atoms with Crippen molar-refractivity contribution in [1.82, 2.24) is 9.88 Å². The number of carbonyl (C=O) groups excluding carboxylic acids is 1. The fraction of sp³-hybridized carbons (Fsp3) is 0.304. The molecule has 4 rings (SSSR count). The molecular weight excluding hydrogens is 405 g/mol. The largest absolute Gasteiger partial charge is 0.368 e. The maximum absolute atomic E-state index is 13.6. The van der Waals surface area contributed by atoms with Crippen molar-refractivity contribution in [3.8, 4) is 0 Å². The van der Waals surface area contributed by atoms with E-state index in [1.54, 1.807) is 6.92 Å². The smallest absolute Gasteiger partial charge is 0.256 e. The molecule has 2 aromatic carbocycles. The zero-order chi connectivity index (χ0) is 21.3. The summed E-state index contributed by atoms with van der Waals surface area (Å²) in [6.45, 7) is 4.64. The molecule has 1 saturated heterocycles. The van der Waals surface area contributed by atoms with Crippen LogP contribution < -0.4 is 10.5 Å². The van der Waals surface area contributed by atoms with Gasteiger partial charge < -0.3 is 14.8 Å². The van der Waals surface area contributed by atoms with Crippen LogP contribution in [0.2, 0.25) is 5.02 Å². The normalized spacial score (nSPS) is 14.4. The molecule has 1 aliphatic rings. The number of fused-ring (bicyclic) bond motifs is 1. The number of halogens is 2. The van der Waals surface area contributed by atoms with Gasteiger partial charge in [-0.1, -0.05) is 11.6 Å². The van der Waals surface area contributed by atoms with E-state index in [1.807, 2.05) is 35.2 Å². The highest BCUT2D eigenvalue weighted by Crippen LogP contribution is 2.21. The zero-order valence-electron chi connectivity index (χ0n) is 16.8. The Morgan fingerprint density at radius 3 is 2.47 bits per heavy atom. The van der Waals surface area contributed by atoms with E-state index in [4.69, 9.17) is 11.6 Å². The summed E-state index contributed by atoms with van der Waals surface area (Å²) in [4.78, 5) is 31.9. The number of pyridine rings is 1. The van der Waals surface area contributed by atoms with Gasteiger partial charge in [-0.3, -0.25) is 9.59 Å². The highest BCUT2D eigenvalue weighted by molar-refractivity contribution is 6.30. The molecule has 1 N–H and O–H groups in total. The van der Waals surface area contributed by atoms with Crippen molar-refractivity contribution < 1.29 is 9.18 Å². The number of nitrogens with zero attached hydrogens (tertiary/aromatic N) is 2. The Balaban J connectivity index is 1.37. The Morgan fingerprint density at radius 1 is 1.07 bits per heavy atom. The molecule has 5 nitrogen and oxygen atoms in total. The highest BCUT2D eigenvalue weighted by Gasteiger charge is 2.21. The molecule has 0 atom stereocenters. The van der Waals surface area contributed by atoms with Crippen LogP contribution in [0.1, 0.15) is 17.7 Å². The van der Waals surface area contributed by atoms with Gasteiger partial charge >= 0.3 is 0 Å². The average molecular weight is 428 g/mol. The van der Waals surface area contributed by atoms with E-state index in [0.717, 1.165) is 24.2 Å². The van der Waals surface area contributed by atoms with Crippen molar-refractivity contribution in [1.29, 1.82) is 0 Å². The van der Waals surface area contributed by atoms with Crippen LogP contribution in [-0.4, -0.2) is 42.0 Å². The first-order chi connectivity index (χ1) is 14.4. The highest BCUT2D eigenvalue weighted by atomic mass is 35.5. The number of anilines is 1. The number of aromatic amines is 1. The van der Waals surface area contributed by atoms with Crippen LogP contribution in [0.5, 0.6) is 0 Å². The van der Waals surface area contributed by atoms with Crippen LogP contribution in [0.25, 0.3) is 10.8 Å². The van der Waals surface area contributed by atoms with E-state index in [9.17, 15) is 14.0 Å². The number of aromatic nitrogens is 1. The van der Waals surface area contributed by atoms with Gasteiger partial charge in [0.2, 0.25) is 5.91 Å². The standard InChI is InChI=1S/C23H23ClFN3O2/c1-15-12-17(25)13-21-20(15)14-18(26-23(21)30)4-7-22(29)28-10-8-27(9-11-28)19-5-2-16(24)3-6-19/h2-3,5-6,12-14H,4,7-11H2,1H3,(H,26,30). The van der Waals surface area contributed by atoms with Crippen molar-refractivity contribution in [2.75, 3.05) is 31.1 Å². The quantitative estimate of drug-likeness (QED) is 0.686. The fourth-order valence-corrected chi connectivity index (χ4v) is 4.08. The van der Waals surface area contributed by atoms with Gasteiger partial charge in [-0.05, 0) is 66.8 Å². The van der Waals surface area contributed by atoms with E-state index in [-0.39, 0.29) is 11.5 Å². The fourth-order valence-electron chi connectivity index (χ4n) is 3.96. The third-order valence-electron chi connectivity index (χ3n) is 5.62. The molecule has 0 bridgehead atoms. The number of piperazine rings is 1. The second-order valence-corrected chi connectivity index (χ2v) is 8.09. The van der Waals surface area contributed by atoms with Gasteiger partial charge in [-0.2, -0.15) is 0 Å². The van der Waals surface area contributed by atoms with E-state index in [2.05, 4.69) is 9.88 Å². The molecular formula is C23H23ClFN3O2. The molecule has 7 heteroatoms. The molecule has 3 aromatic rings. The molecule has 0 radical (unpaired) electrons. The monoisotopic (exact) mass is 427 g/mol. The lowest BCUT2D eigenvalue weighted by Gasteiger charge is -2.36. The second-order valence-electron chi connectivity index (χ2n) is 7.65. The van der Waals surface area contributed by atoms with Gasteiger partial charge in [0, 0.05) is 49.0 Å². The van der Waals surface area contributed by atoms with Crippen LogP contribution >= 0.6 is 11.6 Å². The maximum atomic E-state index is 13.6. The first-order valence-corrected chi connectivity index (χ1v) is 10.4. The maximum Gasteiger partial charge on any atom is 0.256 e. The summed E-state index contributed by atoms with van der Waals surface area (Å²) >= 11 is 5.95. The van der Waals surface area contributed by atoms with Crippen molar-refractivity contribution in [2.24, 2.45) is 0 Å². The van der Waals surface area contributed by atoms with Gasteiger partial charge in [0.1, 0.15) is 5.82 Å². The molecule has 2 heterocycles. The van der Waals surface area contributed by atoms with Crippen molar-refractivity contribution >= 4 is 34.0 Å². The first kappa shape index (κ1) is 20.4. The summed E-state index contributed by atoms with van der Waals surface area (Å²) in [5.41, 5.74) is 2.18. The molecule has 0 aliphatic carbocycles. The Morgan fingerprint density at radius 2 is 1.77 bits per heavy atom. The number of hydrogen-bond donors (Lipinski definition) is 1. The molecule has 1 aliphatic heterocycles. The number of nitrogens with one attached hydrogen (secondary N) is 1. The van der Waals surface area contributed by atoms with E-state index >= 15 is 0 Å². The van der Waals surface area contributed by atoms with Crippen LogP contribution in [0.3, 0.4) is 0 Å². The number of benzene rings is 2. The predicted octanol–water partition coefficient (Wildman–Crippen LogP) is 3.91. The van der Waals surface area contributed by atoms with Gasteiger partial charge in [-0.25, -0.2) is 4.39 Å². The molecule has 30 heavy (non-hydrogen) atoms. The lowest BCUT2D eigenvalue weighted by Crippen LogP contribution is -2.48. The number of rotatable bonds is 4. The summed E-state index contributed by atoms with van der Waals surface area (Å²) in [5.74, 6) is -0.353. The lowest BCUT2D eigenvalue weighted by atomic mass is 10.0. The van der Waals surface area contributed by atoms with Gasteiger partial charge in [-0.15, -0.1) is 0 Å². The minimum atomic E-state index is -0.425. The Hall–Kier alpha value is -2.86. The van der Waals surface area contributed by atoms with E-state index < -0.39 is 5.82 Å². The van der Waals surface area contributed by atoms with Crippen LogP contribution in [-0.2, 0) is 11.2 Å². The van der Waals surface area contributed by atoms with Crippen molar-refractivity contribution in [3.05, 3.63) is 74.9 Å². The molecule has 156 valence electrons. The Labute approximate surface area is 179 Å². The van der Waals surface area contributed by atoms with Crippen LogP contribution in [0.15, 0.2) is 47.3 Å².